The van der Waals surface area contributed by atoms with E-state index in [9.17, 15) is 20.0 Å². The van der Waals surface area contributed by atoms with E-state index in [-0.39, 0.29) is 12.1 Å². The van der Waals surface area contributed by atoms with E-state index in [4.69, 9.17) is 0 Å². The van der Waals surface area contributed by atoms with Gasteiger partial charge >= 0.3 is 5.69 Å². The van der Waals surface area contributed by atoms with Crippen LogP contribution in [0.2, 0.25) is 0 Å². The number of carbonyl (C=O) groups is 1. The smallest absolute Gasteiger partial charge is 0.310 e. The van der Waals surface area contributed by atoms with Gasteiger partial charge in [0.1, 0.15) is 5.65 Å². The predicted molar refractivity (Wildman–Crippen MR) is 85.9 cm³/mol. The fraction of sp³-hybridized carbons (Fsp3) is 0.125. The monoisotopic (exact) mass is 326 g/mol. The summed E-state index contributed by atoms with van der Waals surface area (Å²) in [5.74, 6) is -0.995. The second-order valence-corrected chi connectivity index (χ2v) is 5.30. The third kappa shape index (κ3) is 2.89. The average Bonchev–Trinajstić information content (AvgIpc) is 2.96. The highest BCUT2D eigenvalue weighted by atomic mass is 16.6. The molecule has 3 rings (SSSR count). The van der Waals surface area contributed by atoms with E-state index in [2.05, 4.69) is 10.3 Å². The number of aryl methyl sites for hydroxylation is 1. The van der Waals surface area contributed by atoms with Gasteiger partial charge in [-0.2, -0.15) is 0 Å². The van der Waals surface area contributed by atoms with Crippen molar-refractivity contribution in [3.63, 3.8) is 0 Å². The third-order valence-corrected chi connectivity index (χ3v) is 3.59. The van der Waals surface area contributed by atoms with Crippen molar-refractivity contribution in [2.75, 3.05) is 0 Å². The molecule has 0 unspecified atom stereocenters. The van der Waals surface area contributed by atoms with Gasteiger partial charge < -0.3 is 14.8 Å². The summed E-state index contributed by atoms with van der Waals surface area (Å²) in [7, 11) is 0. The fourth-order valence-electron chi connectivity index (χ4n) is 2.38. The number of nitrogens with zero attached hydrogens (tertiary/aromatic N) is 3. The Kier molecular flexibility index (Phi) is 3.87. The Bertz CT molecular complexity index is 948. The van der Waals surface area contributed by atoms with Crippen LogP contribution >= 0.6 is 0 Å². The standard InChI is InChI=1S/C16H14N4O4/c1-10-3-2-6-19-9-12(18-15(10)19)8-17-16(22)11-4-5-13(20(23)24)14(21)7-11/h2-7,9,21H,8H2,1H3,(H,17,22). The molecule has 8 heteroatoms. The molecule has 0 spiro atoms. The molecule has 0 atom stereocenters. The number of amides is 1. The Labute approximate surface area is 136 Å². The van der Waals surface area contributed by atoms with E-state index in [0.29, 0.717) is 5.69 Å². The van der Waals surface area contributed by atoms with Crippen molar-refractivity contribution in [3.05, 3.63) is 69.7 Å². The second kappa shape index (κ2) is 5.99. The van der Waals surface area contributed by atoms with Crippen LogP contribution < -0.4 is 5.32 Å². The number of rotatable bonds is 4. The topological polar surface area (TPSA) is 110 Å². The molecule has 24 heavy (non-hydrogen) atoms. The Hall–Kier alpha value is -3.42. The molecule has 3 aromatic rings. The highest BCUT2D eigenvalue weighted by Crippen LogP contribution is 2.26. The number of nitro groups is 1. The minimum atomic E-state index is -0.712. The van der Waals surface area contributed by atoms with Gasteiger partial charge in [0.25, 0.3) is 5.91 Å². The van der Waals surface area contributed by atoms with Gasteiger partial charge in [-0.15, -0.1) is 0 Å². The number of nitrogens with one attached hydrogen (secondary N) is 1. The maximum Gasteiger partial charge on any atom is 0.310 e. The van der Waals surface area contributed by atoms with Crippen LogP contribution in [0.4, 0.5) is 5.69 Å². The molecule has 0 bridgehead atoms. The molecular formula is C16H14N4O4. The Morgan fingerprint density at radius 2 is 2.21 bits per heavy atom. The van der Waals surface area contributed by atoms with Gasteiger partial charge in [0, 0.05) is 24.0 Å². The van der Waals surface area contributed by atoms with Crippen LogP contribution in [-0.2, 0) is 6.54 Å². The number of hydrogen-bond acceptors (Lipinski definition) is 5. The number of aromatic hydroxyl groups is 1. The van der Waals surface area contributed by atoms with E-state index >= 15 is 0 Å². The van der Waals surface area contributed by atoms with Crippen LogP contribution in [0.5, 0.6) is 5.75 Å². The number of hydrogen-bond donors (Lipinski definition) is 2. The summed E-state index contributed by atoms with van der Waals surface area (Å²) < 4.78 is 1.87. The van der Waals surface area contributed by atoms with E-state index in [1.807, 2.05) is 35.9 Å². The maximum absolute atomic E-state index is 12.1. The molecule has 0 aliphatic rings. The van der Waals surface area contributed by atoms with Crippen molar-refractivity contribution >= 4 is 17.2 Å². The van der Waals surface area contributed by atoms with Crippen LogP contribution in [0.25, 0.3) is 5.65 Å². The zero-order valence-electron chi connectivity index (χ0n) is 12.8. The van der Waals surface area contributed by atoms with Crippen LogP contribution in [0.15, 0.2) is 42.7 Å². The Morgan fingerprint density at radius 1 is 1.42 bits per heavy atom. The van der Waals surface area contributed by atoms with Gasteiger partial charge in [-0.25, -0.2) is 4.98 Å². The lowest BCUT2D eigenvalue weighted by molar-refractivity contribution is -0.385. The average molecular weight is 326 g/mol. The summed E-state index contributed by atoms with van der Waals surface area (Å²) in [5.41, 5.74) is 2.22. The molecule has 1 aromatic carbocycles. The summed E-state index contributed by atoms with van der Waals surface area (Å²) >= 11 is 0. The van der Waals surface area contributed by atoms with Gasteiger partial charge in [0.05, 0.1) is 17.2 Å². The molecule has 2 N–H and O–H groups in total. The first-order chi connectivity index (χ1) is 11.5. The molecule has 2 aromatic heterocycles. The van der Waals surface area contributed by atoms with Gasteiger partial charge in [0.2, 0.25) is 0 Å². The van der Waals surface area contributed by atoms with E-state index in [1.54, 1.807) is 0 Å². The van der Waals surface area contributed by atoms with Crippen LogP contribution in [-0.4, -0.2) is 25.3 Å². The van der Waals surface area contributed by atoms with E-state index in [0.717, 1.165) is 23.3 Å². The predicted octanol–water partition coefficient (Wildman–Crippen LogP) is 2.19. The van der Waals surface area contributed by atoms with Crippen molar-refractivity contribution in [3.8, 4) is 5.75 Å². The second-order valence-electron chi connectivity index (χ2n) is 5.30. The van der Waals surface area contributed by atoms with Gasteiger partial charge in [-0.1, -0.05) is 6.07 Å². The van der Waals surface area contributed by atoms with Crippen LogP contribution in [0.3, 0.4) is 0 Å². The maximum atomic E-state index is 12.1. The molecule has 0 fully saturated rings. The molecule has 8 nitrogen and oxygen atoms in total. The Balaban J connectivity index is 1.74. The number of aromatic nitrogens is 2. The first-order valence-electron chi connectivity index (χ1n) is 7.14. The molecule has 0 aliphatic heterocycles. The number of pyridine rings is 1. The number of nitro benzene ring substituents is 1. The summed E-state index contributed by atoms with van der Waals surface area (Å²) in [4.78, 5) is 26.5. The van der Waals surface area contributed by atoms with Gasteiger partial charge in [-0.3, -0.25) is 14.9 Å². The minimum Gasteiger partial charge on any atom is -0.502 e. The van der Waals surface area contributed by atoms with Crippen LogP contribution in [0.1, 0.15) is 21.6 Å². The zero-order chi connectivity index (χ0) is 17.3. The van der Waals surface area contributed by atoms with Crippen LogP contribution in [0, 0.1) is 17.0 Å². The van der Waals surface area contributed by atoms with Crippen molar-refractivity contribution in [1.82, 2.24) is 14.7 Å². The lowest BCUT2D eigenvalue weighted by Gasteiger charge is -2.04. The molecule has 0 saturated heterocycles. The highest BCUT2D eigenvalue weighted by molar-refractivity contribution is 5.94. The van der Waals surface area contributed by atoms with Crippen molar-refractivity contribution in [2.45, 2.75) is 13.5 Å². The lowest BCUT2D eigenvalue weighted by atomic mass is 10.2. The number of fused-ring (bicyclic) bond motifs is 1. The first kappa shape index (κ1) is 15.5. The largest absolute Gasteiger partial charge is 0.502 e. The molecule has 1 amide bonds. The van der Waals surface area contributed by atoms with Crippen molar-refractivity contribution in [1.29, 1.82) is 0 Å². The molecule has 0 saturated carbocycles. The molecular weight excluding hydrogens is 312 g/mol. The highest BCUT2D eigenvalue weighted by Gasteiger charge is 2.16. The molecule has 0 aliphatic carbocycles. The summed E-state index contributed by atoms with van der Waals surface area (Å²) in [5, 5.41) is 22.9. The van der Waals surface area contributed by atoms with Crippen molar-refractivity contribution in [2.24, 2.45) is 0 Å². The first-order valence-corrected chi connectivity index (χ1v) is 7.14. The molecule has 0 radical (unpaired) electrons. The van der Waals surface area contributed by atoms with Gasteiger partial charge in [-0.05, 0) is 30.7 Å². The number of carbonyl (C=O) groups excluding carboxylic acids is 1. The summed E-state index contributed by atoms with van der Waals surface area (Å²) in [6.07, 6.45) is 3.69. The normalized spacial score (nSPS) is 10.7. The fourth-order valence-corrected chi connectivity index (χ4v) is 2.38. The Morgan fingerprint density at radius 3 is 2.88 bits per heavy atom. The quantitative estimate of drug-likeness (QED) is 0.564. The third-order valence-electron chi connectivity index (χ3n) is 3.59. The number of benzene rings is 1. The van der Waals surface area contributed by atoms with Gasteiger partial charge in [0.15, 0.2) is 5.75 Å². The number of imidazole rings is 1. The number of phenols is 1. The minimum absolute atomic E-state index is 0.137. The molecule has 122 valence electrons. The summed E-state index contributed by atoms with van der Waals surface area (Å²) in [6, 6.07) is 7.32. The number of phenolic OH excluding ortho intramolecular Hbond substituents is 1. The summed E-state index contributed by atoms with van der Waals surface area (Å²) in [6.45, 7) is 2.15. The SMILES string of the molecule is Cc1cccn2cc(CNC(=O)c3ccc([N+](=O)[O-])c(O)c3)nc12. The van der Waals surface area contributed by atoms with E-state index in [1.165, 1.54) is 6.07 Å². The van der Waals surface area contributed by atoms with Crippen molar-refractivity contribution < 1.29 is 14.8 Å². The lowest BCUT2D eigenvalue weighted by Crippen LogP contribution is -2.22. The zero-order valence-corrected chi connectivity index (χ0v) is 12.8. The molecule has 2 heterocycles. The van der Waals surface area contributed by atoms with E-state index < -0.39 is 22.3 Å².